The Balaban J connectivity index is 1.72. The van der Waals surface area contributed by atoms with Crippen LogP contribution >= 0.6 is 0 Å². The Morgan fingerprint density at radius 2 is 2.27 bits per heavy atom. The van der Waals surface area contributed by atoms with Gasteiger partial charge in [0.2, 0.25) is 0 Å². The Hall–Kier alpha value is -3.04. The van der Waals surface area contributed by atoms with Crippen molar-refractivity contribution in [3.05, 3.63) is 36.4 Å². The maximum Gasteiger partial charge on any atom is 0.269 e. The predicted molar refractivity (Wildman–Crippen MR) is 96.5 cm³/mol. The smallest absolute Gasteiger partial charge is 0.269 e. The van der Waals surface area contributed by atoms with Crippen molar-refractivity contribution in [3.8, 4) is 11.4 Å². The van der Waals surface area contributed by atoms with Gasteiger partial charge in [0, 0.05) is 42.0 Å². The largest absolute Gasteiger partial charge is 0.380 e. The van der Waals surface area contributed by atoms with E-state index in [-0.39, 0.29) is 17.8 Å². The topological polar surface area (TPSA) is 145 Å². The van der Waals surface area contributed by atoms with Crippen LogP contribution in [-0.2, 0) is 4.74 Å². The molecule has 1 unspecified atom stereocenters. The molecule has 26 heavy (non-hydrogen) atoms. The zero-order valence-electron chi connectivity index (χ0n) is 14.0. The number of fused-ring (bicyclic) bond motifs is 1. The van der Waals surface area contributed by atoms with Crippen LogP contribution in [0, 0.1) is 0 Å². The zero-order chi connectivity index (χ0) is 18.1. The van der Waals surface area contributed by atoms with Crippen LogP contribution in [0.5, 0.6) is 0 Å². The molecule has 1 amide bonds. The molecule has 0 spiro atoms. The first-order valence-corrected chi connectivity index (χ1v) is 8.31. The third-order valence-electron chi connectivity index (χ3n) is 4.42. The molecule has 6 N–H and O–H groups in total. The maximum absolute atomic E-state index is 11.8. The van der Waals surface area contributed by atoms with Crippen molar-refractivity contribution in [1.29, 1.82) is 0 Å². The summed E-state index contributed by atoms with van der Waals surface area (Å²) < 4.78 is 5.35. The molecule has 4 rings (SSSR count). The van der Waals surface area contributed by atoms with E-state index in [0.717, 1.165) is 17.3 Å². The highest BCUT2D eigenvalue weighted by molar-refractivity contribution is 5.98. The number of carbonyl (C=O) groups is 1. The number of carbonyl (C=O) groups excluding carboxylic acids is 1. The van der Waals surface area contributed by atoms with E-state index in [2.05, 4.69) is 25.3 Å². The molecule has 3 aromatic rings. The zero-order valence-corrected chi connectivity index (χ0v) is 14.0. The third kappa shape index (κ3) is 3.09. The normalized spacial score (nSPS) is 20.2. The number of H-pyrrole nitrogens is 1. The molecular formula is C17H19N7O2. The molecule has 1 aliphatic heterocycles. The van der Waals surface area contributed by atoms with Crippen molar-refractivity contribution >= 4 is 22.6 Å². The van der Waals surface area contributed by atoms with Gasteiger partial charge in [-0.3, -0.25) is 9.78 Å². The summed E-state index contributed by atoms with van der Waals surface area (Å²) in [4.78, 5) is 27.9. The second-order valence-corrected chi connectivity index (χ2v) is 6.24. The minimum atomic E-state index is -0.640. The number of nitrogens with one attached hydrogen (secondary N) is 2. The fourth-order valence-corrected chi connectivity index (χ4v) is 3.06. The number of nitrogens with zero attached hydrogens (tertiary/aromatic N) is 3. The predicted octanol–water partition coefficient (Wildman–Crippen LogP) is 0.647. The van der Waals surface area contributed by atoms with Gasteiger partial charge in [-0.05, 0) is 18.6 Å². The minimum absolute atomic E-state index is 0.0252. The van der Waals surface area contributed by atoms with E-state index >= 15 is 0 Å². The van der Waals surface area contributed by atoms with Crippen LogP contribution < -0.4 is 16.8 Å². The molecule has 1 fully saturated rings. The van der Waals surface area contributed by atoms with Gasteiger partial charge in [-0.15, -0.1) is 0 Å². The van der Waals surface area contributed by atoms with Gasteiger partial charge in [0.05, 0.1) is 18.5 Å². The molecule has 134 valence electrons. The molecule has 9 heteroatoms. The molecule has 1 saturated heterocycles. The highest BCUT2D eigenvalue weighted by Crippen LogP contribution is 2.25. The second kappa shape index (κ2) is 6.70. The summed E-state index contributed by atoms with van der Waals surface area (Å²) in [6.07, 6.45) is 5.69. The lowest BCUT2D eigenvalue weighted by molar-refractivity contribution is 0.0752. The molecular weight excluding hydrogens is 334 g/mol. The summed E-state index contributed by atoms with van der Waals surface area (Å²) in [6, 6.07) is 3.60. The van der Waals surface area contributed by atoms with Gasteiger partial charge < -0.3 is 26.5 Å². The lowest BCUT2D eigenvalue weighted by Gasteiger charge is -2.29. The number of aromatic amines is 1. The van der Waals surface area contributed by atoms with Gasteiger partial charge in [0.1, 0.15) is 11.5 Å². The Bertz CT molecular complexity index is 922. The third-order valence-corrected chi connectivity index (χ3v) is 4.42. The maximum atomic E-state index is 11.8. The molecule has 0 aromatic carbocycles. The van der Waals surface area contributed by atoms with Crippen LogP contribution in [0.1, 0.15) is 16.9 Å². The number of pyridine rings is 1. The number of ether oxygens (including phenoxy) is 1. The number of rotatable bonds is 4. The SMILES string of the molecule is NC(=O)c1ncc(N[C@@H]2CCOCC2N)nc1-c1cc2cnccc2[nH]1. The number of amides is 1. The van der Waals surface area contributed by atoms with Crippen LogP contribution in [0.2, 0.25) is 0 Å². The second-order valence-electron chi connectivity index (χ2n) is 6.24. The van der Waals surface area contributed by atoms with E-state index in [4.69, 9.17) is 16.2 Å². The van der Waals surface area contributed by atoms with E-state index in [1.807, 2.05) is 12.1 Å². The monoisotopic (exact) mass is 353 g/mol. The average molecular weight is 353 g/mol. The Morgan fingerprint density at radius 3 is 3.04 bits per heavy atom. The van der Waals surface area contributed by atoms with E-state index < -0.39 is 5.91 Å². The van der Waals surface area contributed by atoms with Gasteiger partial charge in [-0.1, -0.05) is 0 Å². The highest BCUT2D eigenvalue weighted by Gasteiger charge is 2.24. The number of hydrogen-bond acceptors (Lipinski definition) is 7. The molecule has 0 saturated carbocycles. The first-order valence-electron chi connectivity index (χ1n) is 8.31. The molecule has 2 atom stereocenters. The van der Waals surface area contributed by atoms with E-state index in [1.165, 1.54) is 6.20 Å². The van der Waals surface area contributed by atoms with Crippen molar-refractivity contribution in [2.45, 2.75) is 18.5 Å². The average Bonchev–Trinajstić information content (AvgIpc) is 3.07. The number of nitrogens with two attached hydrogens (primary N) is 2. The number of hydrogen-bond donors (Lipinski definition) is 4. The van der Waals surface area contributed by atoms with Gasteiger partial charge in [-0.2, -0.15) is 0 Å². The van der Waals surface area contributed by atoms with Crippen molar-refractivity contribution in [3.63, 3.8) is 0 Å². The summed E-state index contributed by atoms with van der Waals surface area (Å²) >= 11 is 0. The summed E-state index contributed by atoms with van der Waals surface area (Å²) in [5.41, 5.74) is 13.6. The van der Waals surface area contributed by atoms with Gasteiger partial charge in [0.25, 0.3) is 5.91 Å². The molecule has 0 aliphatic carbocycles. The first kappa shape index (κ1) is 16.4. The molecule has 1 aliphatic rings. The highest BCUT2D eigenvalue weighted by atomic mass is 16.5. The quantitative estimate of drug-likeness (QED) is 0.539. The van der Waals surface area contributed by atoms with Crippen LogP contribution in [-0.4, -0.2) is 51.1 Å². The van der Waals surface area contributed by atoms with Crippen molar-refractivity contribution in [1.82, 2.24) is 19.9 Å². The fourth-order valence-electron chi connectivity index (χ4n) is 3.06. The Labute approximate surface area is 149 Å². The van der Waals surface area contributed by atoms with E-state index in [1.54, 1.807) is 12.4 Å². The molecule has 9 nitrogen and oxygen atoms in total. The van der Waals surface area contributed by atoms with Crippen LogP contribution in [0.4, 0.5) is 5.82 Å². The van der Waals surface area contributed by atoms with E-state index in [0.29, 0.717) is 30.4 Å². The molecule has 4 heterocycles. The summed E-state index contributed by atoms with van der Waals surface area (Å²) in [7, 11) is 0. The minimum Gasteiger partial charge on any atom is -0.380 e. The van der Waals surface area contributed by atoms with Crippen molar-refractivity contribution in [2.24, 2.45) is 11.5 Å². The number of aromatic nitrogens is 4. The summed E-state index contributed by atoms with van der Waals surface area (Å²) in [6.45, 7) is 1.13. The van der Waals surface area contributed by atoms with Crippen molar-refractivity contribution < 1.29 is 9.53 Å². The number of anilines is 1. The van der Waals surface area contributed by atoms with Crippen molar-refractivity contribution in [2.75, 3.05) is 18.5 Å². The van der Waals surface area contributed by atoms with Gasteiger partial charge in [0.15, 0.2) is 5.69 Å². The Kier molecular flexibility index (Phi) is 4.23. The molecule has 0 bridgehead atoms. The van der Waals surface area contributed by atoms with Crippen LogP contribution in [0.25, 0.3) is 22.3 Å². The van der Waals surface area contributed by atoms with Crippen LogP contribution in [0.15, 0.2) is 30.7 Å². The summed E-state index contributed by atoms with van der Waals surface area (Å²) in [5, 5.41) is 4.19. The van der Waals surface area contributed by atoms with Gasteiger partial charge >= 0.3 is 0 Å². The van der Waals surface area contributed by atoms with E-state index in [9.17, 15) is 4.79 Å². The molecule has 3 aromatic heterocycles. The molecule has 0 radical (unpaired) electrons. The summed E-state index contributed by atoms with van der Waals surface area (Å²) in [5.74, 6) is -0.109. The Morgan fingerprint density at radius 1 is 1.38 bits per heavy atom. The lowest BCUT2D eigenvalue weighted by Crippen LogP contribution is -2.47. The van der Waals surface area contributed by atoms with Gasteiger partial charge in [-0.25, -0.2) is 9.97 Å². The fraction of sp³-hybridized carbons (Fsp3) is 0.294. The standard InChI is InChI=1S/C17H19N7O2/c18-10-8-26-4-2-12(10)23-14-7-21-16(17(19)25)15(24-14)13-5-9-6-20-3-1-11(9)22-13/h1,3,5-7,10,12,22H,2,4,8,18H2,(H2,19,25)(H,23,24)/t10?,12-/m1/s1. The lowest BCUT2D eigenvalue weighted by atomic mass is 10.0. The number of primary amides is 1. The van der Waals surface area contributed by atoms with Crippen LogP contribution in [0.3, 0.4) is 0 Å². The first-order chi connectivity index (χ1) is 12.6.